The number of nitrogens with zero attached hydrogens (tertiary/aromatic N) is 1. The van der Waals surface area contributed by atoms with Crippen molar-refractivity contribution in [3.8, 4) is 23.0 Å². The van der Waals surface area contributed by atoms with Crippen molar-refractivity contribution in [3.63, 3.8) is 0 Å². The highest BCUT2D eigenvalue weighted by Gasteiger charge is 2.36. The van der Waals surface area contributed by atoms with E-state index >= 15 is 0 Å². The number of benzene rings is 4. The SMILES string of the molecule is COc1cc(C(O)C2c3c(ccc(OC)c3OCc3ccccc3)CCN2C)ccc1OCc1ccccc1. The predicted octanol–water partition coefficient (Wildman–Crippen LogP) is 6.12. The standard InChI is InChI=1S/C33H35NO5/c1-34-19-18-25-14-17-28(36-2)33(39-22-24-12-8-5-9-13-24)30(25)31(34)32(35)26-15-16-27(29(20-26)37-3)38-21-23-10-6-4-7-11-23/h4-17,20,31-32,35H,18-19,21-22H2,1-3H3. The van der Waals surface area contributed by atoms with Gasteiger partial charge < -0.3 is 24.1 Å². The highest BCUT2D eigenvalue weighted by atomic mass is 16.5. The molecule has 0 bridgehead atoms. The fourth-order valence-electron chi connectivity index (χ4n) is 5.16. The molecule has 0 fully saturated rings. The molecular formula is C33H35NO5. The van der Waals surface area contributed by atoms with E-state index in [0.29, 0.717) is 36.2 Å². The molecule has 2 atom stereocenters. The van der Waals surface area contributed by atoms with E-state index in [1.807, 2.05) is 92.0 Å². The summed E-state index contributed by atoms with van der Waals surface area (Å²) in [6.07, 6.45) is 0.0216. The number of ether oxygens (including phenoxy) is 4. The summed E-state index contributed by atoms with van der Waals surface area (Å²) in [6, 6.07) is 29.4. The zero-order valence-corrected chi connectivity index (χ0v) is 22.7. The van der Waals surface area contributed by atoms with Crippen LogP contribution in [0.2, 0.25) is 0 Å². The Hall–Kier alpha value is -4.00. The maximum Gasteiger partial charge on any atom is 0.166 e. The lowest BCUT2D eigenvalue weighted by atomic mass is 9.86. The third kappa shape index (κ3) is 5.87. The molecule has 4 aromatic carbocycles. The minimum atomic E-state index is -0.836. The molecule has 1 aliphatic heterocycles. The van der Waals surface area contributed by atoms with Crippen LogP contribution in [0, 0.1) is 0 Å². The molecule has 0 aromatic heterocycles. The Morgan fingerprint density at radius 3 is 2.03 bits per heavy atom. The monoisotopic (exact) mass is 525 g/mol. The number of aliphatic hydroxyl groups excluding tert-OH is 1. The molecule has 202 valence electrons. The van der Waals surface area contributed by atoms with Crippen LogP contribution in [0.1, 0.15) is 40.0 Å². The van der Waals surface area contributed by atoms with Crippen molar-refractivity contribution in [2.24, 2.45) is 0 Å². The van der Waals surface area contributed by atoms with Crippen LogP contribution in [0.15, 0.2) is 91.0 Å². The van der Waals surface area contributed by atoms with Gasteiger partial charge in [0.2, 0.25) is 0 Å². The lowest BCUT2D eigenvalue weighted by Crippen LogP contribution is -2.36. The van der Waals surface area contributed by atoms with E-state index in [1.54, 1.807) is 14.2 Å². The highest BCUT2D eigenvalue weighted by Crippen LogP contribution is 2.47. The number of hydrogen-bond donors (Lipinski definition) is 1. The summed E-state index contributed by atoms with van der Waals surface area (Å²) in [4.78, 5) is 2.17. The first-order valence-corrected chi connectivity index (χ1v) is 13.2. The molecule has 6 nitrogen and oxygen atoms in total. The van der Waals surface area contributed by atoms with Crippen LogP contribution in [0.4, 0.5) is 0 Å². The van der Waals surface area contributed by atoms with Gasteiger partial charge >= 0.3 is 0 Å². The van der Waals surface area contributed by atoms with Gasteiger partial charge in [0.15, 0.2) is 23.0 Å². The second kappa shape index (κ2) is 12.2. The van der Waals surface area contributed by atoms with Gasteiger partial charge in [-0.15, -0.1) is 0 Å². The Kier molecular flexibility index (Phi) is 8.35. The van der Waals surface area contributed by atoms with Gasteiger partial charge in [-0.1, -0.05) is 72.8 Å². The molecule has 1 heterocycles. The van der Waals surface area contributed by atoms with Gasteiger partial charge in [-0.05, 0) is 53.9 Å². The minimum absolute atomic E-state index is 0.338. The Morgan fingerprint density at radius 1 is 0.769 bits per heavy atom. The van der Waals surface area contributed by atoms with Crippen LogP contribution in [0.3, 0.4) is 0 Å². The van der Waals surface area contributed by atoms with Crippen LogP contribution in [0.25, 0.3) is 0 Å². The van der Waals surface area contributed by atoms with E-state index in [1.165, 1.54) is 0 Å². The van der Waals surface area contributed by atoms with Gasteiger partial charge in [0.1, 0.15) is 13.2 Å². The summed E-state index contributed by atoms with van der Waals surface area (Å²) in [5, 5.41) is 11.8. The minimum Gasteiger partial charge on any atom is -0.493 e. The highest BCUT2D eigenvalue weighted by molar-refractivity contribution is 5.55. The van der Waals surface area contributed by atoms with E-state index in [4.69, 9.17) is 18.9 Å². The van der Waals surface area contributed by atoms with E-state index in [0.717, 1.165) is 40.8 Å². The fraction of sp³-hybridized carbons (Fsp3) is 0.273. The van der Waals surface area contributed by atoms with Crippen LogP contribution >= 0.6 is 0 Å². The number of hydrogen-bond acceptors (Lipinski definition) is 6. The van der Waals surface area contributed by atoms with Gasteiger partial charge in [0.25, 0.3) is 0 Å². The number of likely N-dealkylation sites (N-methyl/N-ethyl adjacent to an activating group) is 1. The molecular weight excluding hydrogens is 490 g/mol. The largest absolute Gasteiger partial charge is 0.493 e. The van der Waals surface area contributed by atoms with Crippen molar-refractivity contribution in [1.29, 1.82) is 0 Å². The lowest BCUT2D eigenvalue weighted by molar-refractivity contribution is 0.0532. The van der Waals surface area contributed by atoms with E-state index in [9.17, 15) is 5.11 Å². The molecule has 0 spiro atoms. The summed E-state index contributed by atoms with van der Waals surface area (Å²) >= 11 is 0. The van der Waals surface area contributed by atoms with Gasteiger partial charge in [0, 0.05) is 12.1 Å². The normalized spacial score (nSPS) is 15.7. The smallest absolute Gasteiger partial charge is 0.166 e. The Morgan fingerprint density at radius 2 is 1.38 bits per heavy atom. The van der Waals surface area contributed by atoms with E-state index < -0.39 is 6.10 Å². The van der Waals surface area contributed by atoms with Crippen molar-refractivity contribution in [3.05, 3.63) is 119 Å². The first kappa shape index (κ1) is 26.6. The summed E-state index contributed by atoms with van der Waals surface area (Å²) in [5.74, 6) is 2.53. The summed E-state index contributed by atoms with van der Waals surface area (Å²) < 4.78 is 23.8. The first-order valence-electron chi connectivity index (χ1n) is 13.2. The van der Waals surface area contributed by atoms with Crippen LogP contribution in [-0.2, 0) is 19.6 Å². The van der Waals surface area contributed by atoms with Gasteiger partial charge in [0.05, 0.1) is 26.4 Å². The van der Waals surface area contributed by atoms with Crippen molar-refractivity contribution in [2.75, 3.05) is 27.8 Å². The maximum absolute atomic E-state index is 11.8. The maximum atomic E-state index is 11.8. The topological polar surface area (TPSA) is 60.4 Å². The molecule has 0 saturated heterocycles. The molecule has 2 unspecified atom stereocenters. The first-order chi connectivity index (χ1) is 19.1. The third-order valence-corrected chi connectivity index (χ3v) is 7.27. The summed E-state index contributed by atoms with van der Waals surface area (Å²) in [6.45, 7) is 1.65. The molecule has 0 saturated carbocycles. The molecule has 4 aromatic rings. The average molecular weight is 526 g/mol. The predicted molar refractivity (Wildman–Crippen MR) is 152 cm³/mol. The van der Waals surface area contributed by atoms with Crippen LogP contribution < -0.4 is 18.9 Å². The lowest BCUT2D eigenvalue weighted by Gasteiger charge is -2.39. The Labute approximate surface area is 230 Å². The molecule has 0 amide bonds. The van der Waals surface area contributed by atoms with Gasteiger partial charge in [-0.3, -0.25) is 4.90 Å². The molecule has 1 N–H and O–H groups in total. The van der Waals surface area contributed by atoms with E-state index in [-0.39, 0.29) is 6.04 Å². The summed E-state index contributed by atoms with van der Waals surface area (Å²) in [7, 11) is 5.29. The molecule has 1 aliphatic rings. The molecule has 0 radical (unpaired) electrons. The number of rotatable bonds is 10. The number of fused-ring (bicyclic) bond motifs is 1. The zero-order chi connectivity index (χ0) is 27.2. The number of methoxy groups -OCH3 is 2. The number of aliphatic hydroxyl groups is 1. The van der Waals surface area contributed by atoms with E-state index in [2.05, 4.69) is 11.0 Å². The molecule has 39 heavy (non-hydrogen) atoms. The van der Waals surface area contributed by atoms with Crippen LogP contribution in [-0.4, -0.2) is 37.8 Å². The molecule has 6 heteroatoms. The zero-order valence-electron chi connectivity index (χ0n) is 22.7. The van der Waals surface area contributed by atoms with Crippen LogP contribution in [0.5, 0.6) is 23.0 Å². The second-order valence-electron chi connectivity index (χ2n) is 9.75. The Balaban J connectivity index is 1.45. The Bertz CT molecular complexity index is 1380. The summed E-state index contributed by atoms with van der Waals surface area (Å²) in [5.41, 5.74) is 4.97. The second-order valence-corrected chi connectivity index (χ2v) is 9.75. The quantitative estimate of drug-likeness (QED) is 0.269. The average Bonchev–Trinajstić information content (AvgIpc) is 2.99. The fourth-order valence-corrected chi connectivity index (χ4v) is 5.16. The molecule has 5 rings (SSSR count). The third-order valence-electron chi connectivity index (χ3n) is 7.27. The van der Waals surface area contributed by atoms with Gasteiger partial charge in [-0.2, -0.15) is 0 Å². The van der Waals surface area contributed by atoms with Crippen molar-refractivity contribution in [2.45, 2.75) is 31.8 Å². The van der Waals surface area contributed by atoms with Gasteiger partial charge in [-0.25, -0.2) is 0 Å². The molecule has 0 aliphatic carbocycles. The van der Waals surface area contributed by atoms with Crippen molar-refractivity contribution in [1.82, 2.24) is 4.90 Å². The van der Waals surface area contributed by atoms with Crippen molar-refractivity contribution < 1.29 is 24.1 Å². The van der Waals surface area contributed by atoms with Crippen molar-refractivity contribution >= 4 is 0 Å².